The van der Waals surface area contributed by atoms with Gasteiger partial charge in [-0.25, -0.2) is 4.98 Å². The number of aromatic nitrogens is 1. The smallest absolute Gasteiger partial charge is 0.229 e. The lowest BCUT2D eigenvalue weighted by Crippen LogP contribution is -2.02. The van der Waals surface area contributed by atoms with E-state index in [0.29, 0.717) is 16.8 Å². The lowest BCUT2D eigenvalue weighted by atomic mass is 10.2. The van der Waals surface area contributed by atoms with Crippen LogP contribution in [-0.2, 0) is 6.54 Å². The third kappa shape index (κ3) is 2.79. The molecule has 0 aliphatic heterocycles. The molecule has 0 saturated heterocycles. The van der Waals surface area contributed by atoms with Gasteiger partial charge in [-0.1, -0.05) is 30.3 Å². The molecule has 0 aliphatic carbocycles. The van der Waals surface area contributed by atoms with E-state index in [1.807, 2.05) is 30.3 Å². The van der Waals surface area contributed by atoms with Crippen LogP contribution in [0.1, 0.15) is 5.56 Å². The van der Waals surface area contributed by atoms with E-state index in [1.54, 1.807) is 12.1 Å². The van der Waals surface area contributed by atoms with Gasteiger partial charge in [-0.3, -0.25) is 0 Å². The monoisotopic (exact) mass is 280 g/mol. The maximum absolute atomic E-state index is 13.1. The normalized spacial score (nSPS) is 10.1. The largest absolute Gasteiger partial charge is 0.366 e. The third-order valence-electron chi connectivity index (χ3n) is 2.12. The quantitative estimate of drug-likeness (QED) is 0.869. The summed E-state index contributed by atoms with van der Waals surface area (Å²) in [5.74, 6) is 0.0302. The maximum atomic E-state index is 13.1. The third-order valence-corrected chi connectivity index (χ3v) is 2.71. The van der Waals surface area contributed by atoms with Gasteiger partial charge in [0.25, 0.3) is 0 Å². The molecule has 4 heteroatoms. The summed E-state index contributed by atoms with van der Waals surface area (Å²) in [6, 6.07) is 13.3. The average Bonchev–Trinajstić information content (AvgIpc) is 2.32. The SMILES string of the molecule is Fc1nc(NCc2ccccc2)ccc1Br. The summed E-state index contributed by atoms with van der Waals surface area (Å²) >= 11 is 3.06. The van der Waals surface area contributed by atoms with Crippen molar-refractivity contribution in [2.24, 2.45) is 0 Å². The Morgan fingerprint density at radius 3 is 2.56 bits per heavy atom. The van der Waals surface area contributed by atoms with E-state index in [-0.39, 0.29) is 0 Å². The van der Waals surface area contributed by atoms with Gasteiger partial charge < -0.3 is 5.32 Å². The molecule has 0 fully saturated rings. The predicted octanol–water partition coefficient (Wildman–Crippen LogP) is 3.60. The molecule has 1 N–H and O–H groups in total. The minimum Gasteiger partial charge on any atom is -0.366 e. The highest BCUT2D eigenvalue weighted by Gasteiger charge is 2.01. The summed E-state index contributed by atoms with van der Waals surface area (Å²) in [5.41, 5.74) is 1.13. The van der Waals surface area contributed by atoms with Crippen molar-refractivity contribution in [2.75, 3.05) is 5.32 Å². The van der Waals surface area contributed by atoms with Gasteiger partial charge >= 0.3 is 0 Å². The van der Waals surface area contributed by atoms with E-state index < -0.39 is 5.95 Å². The standard InChI is InChI=1S/C12H10BrFN2/c13-10-6-7-11(16-12(10)14)15-8-9-4-2-1-3-5-9/h1-7H,8H2,(H,15,16). The molecule has 1 aromatic heterocycles. The first-order chi connectivity index (χ1) is 7.75. The predicted molar refractivity (Wildman–Crippen MR) is 65.7 cm³/mol. The Morgan fingerprint density at radius 1 is 1.12 bits per heavy atom. The molecule has 2 nitrogen and oxygen atoms in total. The molecular weight excluding hydrogens is 271 g/mol. The summed E-state index contributed by atoms with van der Waals surface area (Å²) in [6.07, 6.45) is 0. The number of benzene rings is 1. The number of hydrogen-bond donors (Lipinski definition) is 1. The Balaban J connectivity index is 2.03. The molecule has 1 heterocycles. The van der Waals surface area contributed by atoms with Crippen molar-refractivity contribution in [3.63, 3.8) is 0 Å². The van der Waals surface area contributed by atoms with Gasteiger partial charge in [0.05, 0.1) is 4.47 Å². The summed E-state index contributed by atoms with van der Waals surface area (Å²) in [7, 11) is 0. The van der Waals surface area contributed by atoms with Crippen LogP contribution in [0.3, 0.4) is 0 Å². The first-order valence-corrected chi connectivity index (χ1v) is 5.65. The molecule has 16 heavy (non-hydrogen) atoms. The van der Waals surface area contributed by atoms with E-state index in [9.17, 15) is 4.39 Å². The van der Waals surface area contributed by atoms with Crippen molar-refractivity contribution in [3.8, 4) is 0 Å². The van der Waals surface area contributed by atoms with Crippen molar-refractivity contribution >= 4 is 21.7 Å². The van der Waals surface area contributed by atoms with Crippen molar-refractivity contribution in [3.05, 3.63) is 58.4 Å². The highest BCUT2D eigenvalue weighted by Crippen LogP contribution is 2.16. The Hall–Kier alpha value is -1.42. The fraction of sp³-hybridized carbons (Fsp3) is 0.0833. The van der Waals surface area contributed by atoms with E-state index in [1.165, 1.54) is 0 Å². The summed E-state index contributed by atoms with van der Waals surface area (Å²) in [4.78, 5) is 3.76. The second kappa shape index (κ2) is 5.07. The zero-order valence-electron chi connectivity index (χ0n) is 8.45. The number of nitrogens with zero attached hydrogens (tertiary/aromatic N) is 1. The molecule has 0 spiro atoms. The molecule has 0 unspecified atom stereocenters. The molecule has 2 rings (SSSR count). The van der Waals surface area contributed by atoms with Crippen molar-refractivity contribution in [2.45, 2.75) is 6.54 Å². The Morgan fingerprint density at radius 2 is 1.88 bits per heavy atom. The second-order valence-corrected chi connectivity index (χ2v) is 4.16. The van der Waals surface area contributed by atoms with Gasteiger partial charge in [-0.05, 0) is 33.6 Å². The van der Waals surface area contributed by atoms with Crippen molar-refractivity contribution in [1.29, 1.82) is 0 Å². The molecule has 0 saturated carbocycles. The number of anilines is 1. The molecule has 0 atom stereocenters. The van der Waals surface area contributed by atoms with Crippen LogP contribution in [-0.4, -0.2) is 4.98 Å². The number of halogens is 2. The van der Waals surface area contributed by atoms with Crippen LogP contribution in [0.2, 0.25) is 0 Å². The molecule has 0 aliphatic rings. The van der Waals surface area contributed by atoms with Crippen molar-refractivity contribution in [1.82, 2.24) is 4.98 Å². The van der Waals surface area contributed by atoms with E-state index >= 15 is 0 Å². The summed E-state index contributed by atoms with van der Waals surface area (Å²) < 4.78 is 13.5. The summed E-state index contributed by atoms with van der Waals surface area (Å²) in [5, 5.41) is 3.06. The Labute approximate surface area is 102 Å². The number of hydrogen-bond acceptors (Lipinski definition) is 2. The lowest BCUT2D eigenvalue weighted by Gasteiger charge is -2.05. The topological polar surface area (TPSA) is 24.9 Å². The van der Waals surface area contributed by atoms with Gasteiger partial charge in [-0.15, -0.1) is 0 Å². The number of nitrogens with one attached hydrogen (secondary N) is 1. The molecule has 0 radical (unpaired) electrons. The zero-order chi connectivity index (χ0) is 11.4. The second-order valence-electron chi connectivity index (χ2n) is 3.31. The average molecular weight is 281 g/mol. The first kappa shape index (κ1) is 11.1. The fourth-order valence-electron chi connectivity index (χ4n) is 1.30. The number of pyridine rings is 1. The van der Waals surface area contributed by atoms with Crippen LogP contribution in [0.5, 0.6) is 0 Å². The Kier molecular flexibility index (Phi) is 3.51. The summed E-state index contributed by atoms with van der Waals surface area (Å²) in [6.45, 7) is 0.634. The maximum Gasteiger partial charge on any atom is 0.229 e. The minimum atomic E-state index is -0.502. The molecule has 0 bridgehead atoms. The first-order valence-electron chi connectivity index (χ1n) is 4.85. The van der Waals surface area contributed by atoms with E-state index in [4.69, 9.17) is 0 Å². The van der Waals surface area contributed by atoms with Gasteiger partial charge in [0.1, 0.15) is 5.82 Å². The van der Waals surface area contributed by atoms with Crippen LogP contribution in [0.4, 0.5) is 10.2 Å². The molecule has 1 aromatic carbocycles. The molecule has 0 amide bonds. The van der Waals surface area contributed by atoms with Gasteiger partial charge in [0.15, 0.2) is 0 Å². The molecule has 82 valence electrons. The van der Waals surface area contributed by atoms with Crippen LogP contribution >= 0.6 is 15.9 Å². The highest BCUT2D eigenvalue weighted by atomic mass is 79.9. The Bertz CT molecular complexity index is 474. The van der Waals surface area contributed by atoms with Crippen LogP contribution in [0.15, 0.2) is 46.9 Å². The number of rotatable bonds is 3. The van der Waals surface area contributed by atoms with Crippen molar-refractivity contribution < 1.29 is 4.39 Å². The minimum absolute atomic E-state index is 0.373. The highest BCUT2D eigenvalue weighted by molar-refractivity contribution is 9.10. The molecular formula is C12H10BrFN2. The van der Waals surface area contributed by atoms with E-state index in [0.717, 1.165) is 5.56 Å². The van der Waals surface area contributed by atoms with Gasteiger partial charge in [-0.2, -0.15) is 4.39 Å². The van der Waals surface area contributed by atoms with Gasteiger partial charge in [0, 0.05) is 6.54 Å². The lowest BCUT2D eigenvalue weighted by molar-refractivity contribution is 0.578. The zero-order valence-corrected chi connectivity index (χ0v) is 10.0. The van der Waals surface area contributed by atoms with Crippen LogP contribution in [0, 0.1) is 5.95 Å². The van der Waals surface area contributed by atoms with E-state index in [2.05, 4.69) is 26.2 Å². The molecule has 2 aromatic rings. The van der Waals surface area contributed by atoms with Crippen LogP contribution < -0.4 is 5.32 Å². The van der Waals surface area contributed by atoms with Gasteiger partial charge in [0.2, 0.25) is 5.95 Å². The fourth-order valence-corrected chi connectivity index (χ4v) is 1.53. The van der Waals surface area contributed by atoms with Crippen LogP contribution in [0.25, 0.3) is 0 Å².